The first-order chi connectivity index (χ1) is 9.17. The molecule has 0 spiro atoms. The van der Waals surface area contributed by atoms with Gasteiger partial charge in [0.2, 0.25) is 0 Å². The summed E-state index contributed by atoms with van der Waals surface area (Å²) in [4.78, 5) is 1.06. The lowest BCUT2D eigenvalue weighted by molar-refractivity contribution is 0.414. The molecule has 0 bridgehead atoms. The van der Waals surface area contributed by atoms with Crippen LogP contribution in [0.5, 0.6) is 5.75 Å². The molecule has 1 unspecified atom stereocenters. The minimum Gasteiger partial charge on any atom is -0.497 e. The van der Waals surface area contributed by atoms with Crippen molar-refractivity contribution < 1.29 is 4.74 Å². The Hall–Kier alpha value is -1.50. The number of benzene rings is 1. The van der Waals surface area contributed by atoms with E-state index in [0.717, 1.165) is 21.9 Å². The lowest BCUT2D eigenvalue weighted by atomic mass is 10.0. The first-order valence-corrected chi connectivity index (χ1v) is 6.87. The number of methoxy groups -OCH3 is 1. The standard InChI is InChI=1S/C13H18N4OS/c1-8(2)11-13(19-17-16-11)12(15-14)9-4-6-10(18-3)7-5-9/h4-8,12,15H,14H2,1-3H3. The summed E-state index contributed by atoms with van der Waals surface area (Å²) in [5.74, 6) is 6.85. The number of nitrogens with two attached hydrogens (primary N) is 1. The van der Waals surface area contributed by atoms with Crippen LogP contribution in [0.3, 0.4) is 0 Å². The fourth-order valence-corrected chi connectivity index (χ4v) is 2.82. The van der Waals surface area contributed by atoms with Crippen molar-refractivity contribution in [1.82, 2.24) is 15.0 Å². The van der Waals surface area contributed by atoms with Crippen LogP contribution in [-0.4, -0.2) is 16.7 Å². The van der Waals surface area contributed by atoms with Gasteiger partial charge in [-0.15, -0.1) is 5.10 Å². The van der Waals surface area contributed by atoms with E-state index >= 15 is 0 Å². The Kier molecular flexibility index (Phi) is 4.47. The zero-order valence-electron chi connectivity index (χ0n) is 11.3. The Bertz CT molecular complexity index is 524. The highest BCUT2D eigenvalue weighted by molar-refractivity contribution is 7.05. The Morgan fingerprint density at radius 3 is 2.47 bits per heavy atom. The molecule has 19 heavy (non-hydrogen) atoms. The van der Waals surface area contributed by atoms with Crippen molar-refractivity contribution in [2.75, 3.05) is 7.11 Å². The van der Waals surface area contributed by atoms with Crippen LogP contribution in [0.15, 0.2) is 24.3 Å². The number of ether oxygens (including phenoxy) is 1. The number of hydrogen-bond donors (Lipinski definition) is 2. The average Bonchev–Trinajstić information content (AvgIpc) is 2.90. The first-order valence-electron chi connectivity index (χ1n) is 6.09. The van der Waals surface area contributed by atoms with Crippen molar-refractivity contribution >= 4 is 11.5 Å². The molecule has 1 atom stereocenters. The Balaban J connectivity index is 2.35. The van der Waals surface area contributed by atoms with Crippen LogP contribution < -0.4 is 16.0 Å². The number of rotatable bonds is 5. The maximum atomic E-state index is 5.71. The highest BCUT2D eigenvalue weighted by Crippen LogP contribution is 2.30. The molecule has 0 saturated carbocycles. The molecule has 0 aliphatic heterocycles. The van der Waals surface area contributed by atoms with Crippen LogP contribution in [0.4, 0.5) is 0 Å². The minimum absolute atomic E-state index is 0.0942. The van der Waals surface area contributed by atoms with Gasteiger partial charge in [0.15, 0.2) is 0 Å². The molecule has 1 aromatic carbocycles. The minimum atomic E-state index is -0.0942. The molecule has 2 rings (SSSR count). The summed E-state index contributed by atoms with van der Waals surface area (Å²) in [7, 11) is 1.65. The van der Waals surface area contributed by atoms with Crippen LogP contribution >= 0.6 is 11.5 Å². The molecule has 102 valence electrons. The van der Waals surface area contributed by atoms with Gasteiger partial charge in [-0.25, -0.2) is 5.43 Å². The molecule has 0 fully saturated rings. The van der Waals surface area contributed by atoms with E-state index in [1.54, 1.807) is 7.11 Å². The second kappa shape index (κ2) is 6.10. The van der Waals surface area contributed by atoms with Crippen LogP contribution in [0, 0.1) is 0 Å². The molecule has 1 aromatic heterocycles. The molecule has 5 nitrogen and oxygen atoms in total. The van der Waals surface area contributed by atoms with Gasteiger partial charge in [0.25, 0.3) is 0 Å². The number of hydrazine groups is 1. The van der Waals surface area contributed by atoms with Gasteiger partial charge in [-0.05, 0) is 35.1 Å². The average molecular weight is 278 g/mol. The van der Waals surface area contributed by atoms with E-state index < -0.39 is 0 Å². The fraction of sp³-hybridized carbons (Fsp3) is 0.385. The Labute approximate surface area is 116 Å². The Morgan fingerprint density at radius 1 is 1.26 bits per heavy atom. The van der Waals surface area contributed by atoms with Gasteiger partial charge in [-0.3, -0.25) is 5.84 Å². The number of hydrogen-bond acceptors (Lipinski definition) is 6. The largest absolute Gasteiger partial charge is 0.497 e. The molecule has 0 amide bonds. The summed E-state index contributed by atoms with van der Waals surface area (Å²) in [6.45, 7) is 4.20. The predicted octanol–water partition coefficient (Wildman–Crippen LogP) is 2.22. The molecule has 6 heteroatoms. The quantitative estimate of drug-likeness (QED) is 0.648. The van der Waals surface area contributed by atoms with E-state index in [4.69, 9.17) is 10.6 Å². The molecule has 0 aliphatic rings. The van der Waals surface area contributed by atoms with E-state index in [-0.39, 0.29) is 6.04 Å². The van der Waals surface area contributed by atoms with Crippen LogP contribution in [0.2, 0.25) is 0 Å². The number of nitrogens with zero attached hydrogens (tertiary/aromatic N) is 2. The molecular weight excluding hydrogens is 260 g/mol. The molecular formula is C13H18N4OS. The van der Waals surface area contributed by atoms with Gasteiger partial charge in [0, 0.05) is 0 Å². The summed E-state index contributed by atoms with van der Waals surface area (Å²) in [6, 6.07) is 7.73. The van der Waals surface area contributed by atoms with Gasteiger partial charge in [-0.2, -0.15) is 0 Å². The Morgan fingerprint density at radius 2 is 1.95 bits per heavy atom. The summed E-state index contributed by atoms with van der Waals surface area (Å²) in [5, 5.41) is 4.19. The maximum Gasteiger partial charge on any atom is 0.118 e. The molecule has 3 N–H and O–H groups in total. The second-order valence-electron chi connectivity index (χ2n) is 4.55. The fourth-order valence-electron chi connectivity index (χ4n) is 1.92. The third-order valence-electron chi connectivity index (χ3n) is 2.97. The zero-order valence-corrected chi connectivity index (χ0v) is 12.1. The SMILES string of the molecule is COc1ccc(C(NN)c2snnc2C(C)C)cc1. The monoisotopic (exact) mass is 278 g/mol. The molecule has 0 saturated heterocycles. The first kappa shape index (κ1) is 13.9. The van der Waals surface area contributed by atoms with Gasteiger partial charge in [0.1, 0.15) is 5.75 Å². The summed E-state index contributed by atoms with van der Waals surface area (Å²) >= 11 is 1.38. The van der Waals surface area contributed by atoms with E-state index in [2.05, 4.69) is 28.9 Å². The lowest BCUT2D eigenvalue weighted by Crippen LogP contribution is -2.29. The molecule has 1 heterocycles. The van der Waals surface area contributed by atoms with E-state index in [0.29, 0.717) is 5.92 Å². The van der Waals surface area contributed by atoms with Crippen molar-refractivity contribution in [1.29, 1.82) is 0 Å². The van der Waals surface area contributed by atoms with Crippen molar-refractivity contribution in [3.8, 4) is 5.75 Å². The van der Waals surface area contributed by atoms with E-state index in [1.165, 1.54) is 11.5 Å². The lowest BCUT2D eigenvalue weighted by Gasteiger charge is -2.16. The van der Waals surface area contributed by atoms with Gasteiger partial charge >= 0.3 is 0 Å². The molecule has 2 aromatic rings. The summed E-state index contributed by atoms with van der Waals surface area (Å²) in [5.41, 5.74) is 4.90. The highest BCUT2D eigenvalue weighted by Gasteiger charge is 2.21. The predicted molar refractivity (Wildman–Crippen MR) is 76.2 cm³/mol. The van der Waals surface area contributed by atoms with Crippen LogP contribution in [0.25, 0.3) is 0 Å². The molecule has 0 aliphatic carbocycles. The van der Waals surface area contributed by atoms with Gasteiger partial charge in [-0.1, -0.05) is 30.5 Å². The number of nitrogens with one attached hydrogen (secondary N) is 1. The van der Waals surface area contributed by atoms with E-state index in [9.17, 15) is 0 Å². The van der Waals surface area contributed by atoms with E-state index in [1.807, 2.05) is 24.3 Å². The van der Waals surface area contributed by atoms with Crippen molar-refractivity contribution in [3.63, 3.8) is 0 Å². The maximum absolute atomic E-state index is 5.71. The smallest absolute Gasteiger partial charge is 0.118 e. The van der Waals surface area contributed by atoms with Crippen molar-refractivity contribution in [3.05, 3.63) is 40.4 Å². The third kappa shape index (κ3) is 2.91. The zero-order chi connectivity index (χ0) is 13.8. The van der Waals surface area contributed by atoms with Crippen LogP contribution in [-0.2, 0) is 0 Å². The summed E-state index contributed by atoms with van der Waals surface area (Å²) in [6.07, 6.45) is 0. The third-order valence-corrected chi connectivity index (χ3v) is 3.77. The van der Waals surface area contributed by atoms with Crippen molar-refractivity contribution in [2.45, 2.75) is 25.8 Å². The van der Waals surface area contributed by atoms with Crippen molar-refractivity contribution in [2.24, 2.45) is 5.84 Å². The normalized spacial score (nSPS) is 12.7. The molecule has 0 radical (unpaired) electrons. The topological polar surface area (TPSA) is 73.1 Å². The van der Waals surface area contributed by atoms with Gasteiger partial charge in [0.05, 0.1) is 23.7 Å². The van der Waals surface area contributed by atoms with Crippen LogP contribution in [0.1, 0.15) is 41.9 Å². The number of aromatic nitrogens is 2. The van der Waals surface area contributed by atoms with Gasteiger partial charge < -0.3 is 4.74 Å². The second-order valence-corrected chi connectivity index (χ2v) is 5.34. The summed E-state index contributed by atoms with van der Waals surface area (Å²) < 4.78 is 9.20. The highest BCUT2D eigenvalue weighted by atomic mass is 32.1.